The normalized spacial score (nSPS) is 29.0. The molecule has 0 aromatic rings. The van der Waals surface area contributed by atoms with Crippen molar-refractivity contribution >= 4 is 5.78 Å². The molecule has 1 heteroatoms. The van der Waals surface area contributed by atoms with Crippen LogP contribution in [-0.4, -0.2) is 5.78 Å². The van der Waals surface area contributed by atoms with Gasteiger partial charge in [0.25, 0.3) is 0 Å². The van der Waals surface area contributed by atoms with Crippen molar-refractivity contribution in [1.82, 2.24) is 0 Å². The van der Waals surface area contributed by atoms with Gasteiger partial charge in [0.2, 0.25) is 0 Å². The van der Waals surface area contributed by atoms with E-state index in [1.807, 2.05) is 0 Å². The number of ketones is 1. The number of hydrogen-bond donors (Lipinski definition) is 0. The van der Waals surface area contributed by atoms with Gasteiger partial charge in [0, 0.05) is 12.8 Å². The summed E-state index contributed by atoms with van der Waals surface area (Å²) in [5.74, 6) is 1.13. The molecule has 0 N–H and O–H groups in total. The number of carbonyl (C=O) groups is 1. The van der Waals surface area contributed by atoms with E-state index in [2.05, 4.69) is 34.6 Å². The van der Waals surface area contributed by atoms with Crippen molar-refractivity contribution in [3.63, 3.8) is 0 Å². The molecule has 1 atom stereocenters. The van der Waals surface area contributed by atoms with Gasteiger partial charge in [-0.25, -0.2) is 0 Å². The molecule has 1 unspecified atom stereocenters. The van der Waals surface area contributed by atoms with E-state index in [4.69, 9.17) is 0 Å². The summed E-state index contributed by atoms with van der Waals surface area (Å²) in [5.41, 5.74) is 0.539. The van der Waals surface area contributed by atoms with Gasteiger partial charge in [-0.15, -0.1) is 0 Å². The van der Waals surface area contributed by atoms with Crippen LogP contribution in [0.5, 0.6) is 0 Å². The molecule has 76 valence electrons. The molecule has 0 heterocycles. The summed E-state index contributed by atoms with van der Waals surface area (Å²) in [6.45, 7) is 11.3. The zero-order chi connectivity index (χ0) is 10.3. The summed E-state index contributed by atoms with van der Waals surface area (Å²) in [4.78, 5) is 11.4. The van der Waals surface area contributed by atoms with Gasteiger partial charge in [-0.05, 0) is 23.2 Å². The second-order valence-electron chi connectivity index (χ2n) is 6.16. The summed E-state index contributed by atoms with van der Waals surface area (Å²) < 4.78 is 0. The Labute approximate surface area is 81.9 Å². The largest absolute Gasteiger partial charge is 0.300 e. The second kappa shape index (κ2) is 3.11. The van der Waals surface area contributed by atoms with E-state index in [0.29, 0.717) is 17.1 Å². The molecule has 0 bridgehead atoms. The molecule has 0 aromatic heterocycles. The molecule has 1 aliphatic rings. The molecular weight excluding hydrogens is 160 g/mol. The average molecular weight is 182 g/mol. The fraction of sp³-hybridized carbons (Fsp3) is 0.917. The van der Waals surface area contributed by atoms with Crippen LogP contribution in [0.1, 0.15) is 53.9 Å². The predicted molar refractivity (Wildman–Crippen MR) is 55.6 cm³/mol. The Kier molecular flexibility index (Phi) is 2.57. The van der Waals surface area contributed by atoms with Gasteiger partial charge in [0.05, 0.1) is 0 Å². The van der Waals surface area contributed by atoms with Crippen LogP contribution in [0.4, 0.5) is 0 Å². The molecule has 1 saturated carbocycles. The molecule has 1 fully saturated rings. The maximum atomic E-state index is 11.4. The first kappa shape index (κ1) is 10.7. The molecular formula is C12H22O. The Bertz CT molecular complexity index is 208. The fourth-order valence-corrected chi connectivity index (χ4v) is 3.02. The highest BCUT2D eigenvalue weighted by atomic mass is 16.1. The zero-order valence-corrected chi connectivity index (χ0v) is 9.61. The van der Waals surface area contributed by atoms with Gasteiger partial charge in [-0.2, -0.15) is 0 Å². The molecule has 1 rings (SSSR count). The first-order valence-corrected chi connectivity index (χ1v) is 5.25. The van der Waals surface area contributed by atoms with E-state index in [1.165, 1.54) is 0 Å². The monoisotopic (exact) mass is 182 g/mol. The topological polar surface area (TPSA) is 17.1 Å². The Morgan fingerprint density at radius 2 is 1.85 bits per heavy atom. The Morgan fingerprint density at radius 1 is 1.31 bits per heavy atom. The van der Waals surface area contributed by atoms with Gasteiger partial charge in [-0.1, -0.05) is 34.6 Å². The van der Waals surface area contributed by atoms with Crippen molar-refractivity contribution in [3.8, 4) is 0 Å². The third-order valence-corrected chi connectivity index (χ3v) is 3.35. The molecule has 0 saturated heterocycles. The van der Waals surface area contributed by atoms with Crippen LogP contribution in [0.3, 0.4) is 0 Å². The Morgan fingerprint density at radius 3 is 2.23 bits per heavy atom. The quantitative estimate of drug-likeness (QED) is 0.561. The molecule has 13 heavy (non-hydrogen) atoms. The second-order valence-corrected chi connectivity index (χ2v) is 6.16. The molecule has 0 aromatic carbocycles. The van der Waals surface area contributed by atoms with Crippen LogP contribution in [-0.2, 0) is 4.79 Å². The molecule has 0 radical (unpaired) electrons. The lowest BCUT2D eigenvalue weighted by atomic mass is 9.59. The molecule has 1 aliphatic carbocycles. The fourth-order valence-electron chi connectivity index (χ4n) is 3.02. The molecule has 0 aliphatic heterocycles. The number of Topliss-reactive ketones (excluding diaryl/α,β-unsaturated/α-hetero) is 1. The van der Waals surface area contributed by atoms with Gasteiger partial charge in [0.15, 0.2) is 0 Å². The van der Waals surface area contributed by atoms with Crippen LogP contribution in [0.25, 0.3) is 0 Å². The van der Waals surface area contributed by atoms with Gasteiger partial charge >= 0.3 is 0 Å². The highest BCUT2D eigenvalue weighted by Gasteiger charge is 2.41. The third-order valence-electron chi connectivity index (χ3n) is 3.35. The summed E-state index contributed by atoms with van der Waals surface area (Å²) in [5, 5.41) is 0. The summed E-state index contributed by atoms with van der Waals surface area (Å²) in [6, 6.07) is 0. The van der Waals surface area contributed by atoms with E-state index in [0.717, 1.165) is 19.3 Å². The number of hydrogen-bond acceptors (Lipinski definition) is 1. The van der Waals surface area contributed by atoms with Crippen LogP contribution < -0.4 is 0 Å². The highest BCUT2D eigenvalue weighted by Crippen LogP contribution is 2.48. The van der Waals surface area contributed by atoms with E-state index < -0.39 is 0 Å². The predicted octanol–water partition coefficient (Wildman–Crippen LogP) is 3.43. The van der Waals surface area contributed by atoms with Crippen molar-refractivity contribution < 1.29 is 4.79 Å². The van der Waals surface area contributed by atoms with E-state index in [9.17, 15) is 4.79 Å². The minimum Gasteiger partial charge on any atom is -0.300 e. The lowest BCUT2D eigenvalue weighted by Crippen LogP contribution is -2.39. The van der Waals surface area contributed by atoms with Crippen molar-refractivity contribution in [2.75, 3.05) is 0 Å². The maximum Gasteiger partial charge on any atom is 0.133 e. The summed E-state index contributed by atoms with van der Waals surface area (Å²) in [7, 11) is 0. The van der Waals surface area contributed by atoms with Crippen LogP contribution in [0.15, 0.2) is 0 Å². The van der Waals surface area contributed by atoms with Crippen molar-refractivity contribution in [2.24, 2.45) is 16.7 Å². The molecule has 0 amide bonds. The van der Waals surface area contributed by atoms with Crippen molar-refractivity contribution in [3.05, 3.63) is 0 Å². The van der Waals surface area contributed by atoms with Crippen molar-refractivity contribution in [1.29, 1.82) is 0 Å². The molecule has 1 nitrogen and oxygen atoms in total. The standard InChI is InChI=1S/C12H22O/c1-11(2,3)10-7-6-9(13)8-12(10,4)5/h10H,6-8H2,1-5H3. The average Bonchev–Trinajstić information content (AvgIpc) is 1.79. The highest BCUT2D eigenvalue weighted by molar-refractivity contribution is 5.79. The van der Waals surface area contributed by atoms with E-state index >= 15 is 0 Å². The van der Waals surface area contributed by atoms with Crippen LogP contribution in [0.2, 0.25) is 0 Å². The van der Waals surface area contributed by atoms with Gasteiger partial charge < -0.3 is 0 Å². The van der Waals surface area contributed by atoms with Crippen LogP contribution in [0, 0.1) is 16.7 Å². The number of rotatable bonds is 0. The maximum absolute atomic E-state index is 11.4. The smallest absolute Gasteiger partial charge is 0.133 e. The van der Waals surface area contributed by atoms with Gasteiger partial charge in [0.1, 0.15) is 5.78 Å². The van der Waals surface area contributed by atoms with E-state index in [1.54, 1.807) is 0 Å². The summed E-state index contributed by atoms with van der Waals surface area (Å²) in [6.07, 6.45) is 2.65. The lowest BCUT2D eigenvalue weighted by molar-refractivity contribution is -0.126. The zero-order valence-electron chi connectivity index (χ0n) is 9.61. The number of carbonyl (C=O) groups excluding carboxylic acids is 1. The molecule has 0 spiro atoms. The minimum absolute atomic E-state index is 0.202. The summed E-state index contributed by atoms with van der Waals surface area (Å²) >= 11 is 0. The first-order chi connectivity index (χ1) is 5.73. The minimum atomic E-state index is 0.202. The van der Waals surface area contributed by atoms with E-state index in [-0.39, 0.29) is 5.41 Å². The van der Waals surface area contributed by atoms with Crippen LogP contribution >= 0.6 is 0 Å². The first-order valence-electron chi connectivity index (χ1n) is 5.25. The Hall–Kier alpha value is -0.330. The SMILES string of the molecule is CC(C)(C)C1CCC(=O)CC1(C)C. The third kappa shape index (κ3) is 2.32. The lowest BCUT2D eigenvalue weighted by Gasteiger charge is -2.45. The Balaban J connectivity index is 2.82. The van der Waals surface area contributed by atoms with Gasteiger partial charge in [-0.3, -0.25) is 4.79 Å². The van der Waals surface area contributed by atoms with Crippen molar-refractivity contribution in [2.45, 2.75) is 53.9 Å².